The van der Waals surface area contributed by atoms with Crippen molar-refractivity contribution >= 4 is 33.7 Å². The van der Waals surface area contributed by atoms with Gasteiger partial charge in [-0.05, 0) is 49.1 Å². The highest BCUT2D eigenvalue weighted by Gasteiger charge is 2.31. The molecule has 1 atom stereocenters. The number of hydrogen-bond acceptors (Lipinski definition) is 3. The van der Waals surface area contributed by atoms with Gasteiger partial charge >= 0.3 is 5.97 Å². The van der Waals surface area contributed by atoms with E-state index in [0.717, 1.165) is 35.0 Å². The smallest absolute Gasteiger partial charge is 0.333 e. The number of anilines is 1. The zero-order chi connectivity index (χ0) is 13.4. The van der Waals surface area contributed by atoms with Crippen LogP contribution in [0, 0.1) is 0 Å². The van der Waals surface area contributed by atoms with Crippen molar-refractivity contribution in [3.8, 4) is 0 Å². The minimum atomic E-state index is -0.209. The maximum Gasteiger partial charge on any atom is 0.333 e. The predicted octanol–water partition coefficient (Wildman–Crippen LogP) is 3.38. The number of benzene rings is 1. The van der Waals surface area contributed by atoms with Crippen molar-refractivity contribution in [2.45, 2.75) is 25.3 Å². The second-order valence-electron chi connectivity index (χ2n) is 5.06. The normalized spacial score (nSPS) is 21.3. The van der Waals surface area contributed by atoms with Crippen molar-refractivity contribution in [3.05, 3.63) is 33.8 Å². The van der Waals surface area contributed by atoms with E-state index in [9.17, 15) is 4.79 Å². The molecule has 0 N–H and O–H groups in total. The van der Waals surface area contributed by atoms with Gasteiger partial charge in [0.1, 0.15) is 0 Å². The third kappa shape index (κ3) is 2.29. The van der Waals surface area contributed by atoms with Gasteiger partial charge in [0.15, 0.2) is 0 Å². The highest BCUT2D eigenvalue weighted by atomic mass is 79.9. The van der Waals surface area contributed by atoms with Gasteiger partial charge in [0, 0.05) is 28.3 Å². The van der Waals surface area contributed by atoms with Crippen LogP contribution in [0.15, 0.2) is 28.2 Å². The summed E-state index contributed by atoms with van der Waals surface area (Å²) in [5.41, 5.74) is 3.10. The van der Waals surface area contributed by atoms with Crippen LogP contribution in [0.2, 0.25) is 0 Å². The first-order valence-corrected chi connectivity index (χ1v) is 7.33. The fourth-order valence-electron chi connectivity index (χ4n) is 3.04. The van der Waals surface area contributed by atoms with Gasteiger partial charge in [0.25, 0.3) is 0 Å². The van der Waals surface area contributed by atoms with Gasteiger partial charge in [-0.3, -0.25) is 0 Å². The lowest BCUT2D eigenvalue weighted by atomic mass is 10.0. The van der Waals surface area contributed by atoms with Crippen LogP contribution < -0.4 is 4.90 Å². The summed E-state index contributed by atoms with van der Waals surface area (Å²) in [6, 6.07) is 6.69. The summed E-state index contributed by atoms with van der Waals surface area (Å²) < 4.78 is 5.93. The van der Waals surface area contributed by atoms with Crippen LogP contribution in [0.1, 0.15) is 24.8 Å². The van der Waals surface area contributed by atoms with Crippen molar-refractivity contribution in [2.75, 3.05) is 18.6 Å². The molecule has 0 saturated carbocycles. The van der Waals surface area contributed by atoms with Crippen LogP contribution in [0.25, 0.3) is 6.08 Å². The molecule has 1 aromatic rings. The standard InChI is InChI=1S/C15H16BrNO2/c1-19-15(18)11-7-10-8-12(16)4-5-14(10)17-6-2-3-13(17)9-11/h4-5,7-8,13H,2-3,6,9H2,1H3. The second-order valence-corrected chi connectivity index (χ2v) is 5.97. The first-order valence-electron chi connectivity index (χ1n) is 6.54. The molecule has 0 aromatic heterocycles. The molecule has 1 saturated heterocycles. The molecule has 1 unspecified atom stereocenters. The van der Waals surface area contributed by atoms with Gasteiger partial charge in [0.05, 0.1) is 7.11 Å². The number of carbonyl (C=O) groups is 1. The molecule has 0 radical (unpaired) electrons. The van der Waals surface area contributed by atoms with E-state index in [0.29, 0.717) is 6.04 Å². The third-order valence-corrected chi connectivity index (χ3v) is 4.40. The van der Waals surface area contributed by atoms with E-state index in [4.69, 9.17) is 4.74 Å². The summed E-state index contributed by atoms with van der Waals surface area (Å²) >= 11 is 3.50. The van der Waals surface area contributed by atoms with Crippen LogP contribution >= 0.6 is 15.9 Å². The second kappa shape index (κ2) is 5.00. The number of rotatable bonds is 1. The van der Waals surface area contributed by atoms with Gasteiger partial charge in [0.2, 0.25) is 0 Å². The molecular weight excluding hydrogens is 306 g/mol. The zero-order valence-electron chi connectivity index (χ0n) is 10.9. The molecule has 3 nitrogen and oxygen atoms in total. The number of nitrogens with zero attached hydrogens (tertiary/aromatic N) is 1. The molecule has 19 heavy (non-hydrogen) atoms. The van der Waals surface area contributed by atoms with E-state index >= 15 is 0 Å². The van der Waals surface area contributed by atoms with Crippen molar-refractivity contribution in [1.82, 2.24) is 0 Å². The van der Waals surface area contributed by atoms with Crippen LogP contribution in [0.3, 0.4) is 0 Å². The van der Waals surface area contributed by atoms with E-state index < -0.39 is 0 Å². The van der Waals surface area contributed by atoms with E-state index in [1.807, 2.05) is 6.08 Å². The van der Waals surface area contributed by atoms with Crippen molar-refractivity contribution in [1.29, 1.82) is 0 Å². The molecule has 3 rings (SSSR count). The summed E-state index contributed by atoms with van der Waals surface area (Å²) in [6.07, 6.45) is 5.09. The molecule has 1 aromatic carbocycles. The zero-order valence-corrected chi connectivity index (χ0v) is 12.4. The monoisotopic (exact) mass is 321 g/mol. The maximum atomic E-state index is 11.9. The fraction of sp³-hybridized carbons (Fsp3) is 0.400. The lowest BCUT2D eigenvalue weighted by Crippen LogP contribution is -2.29. The van der Waals surface area contributed by atoms with E-state index in [2.05, 4.69) is 39.0 Å². The molecule has 1 fully saturated rings. The van der Waals surface area contributed by atoms with Gasteiger partial charge < -0.3 is 9.64 Å². The first kappa shape index (κ1) is 12.7. The Bertz CT molecular complexity index is 553. The summed E-state index contributed by atoms with van der Waals surface area (Å²) in [5, 5.41) is 0. The quantitative estimate of drug-likeness (QED) is 0.743. The number of carbonyl (C=O) groups excluding carboxylic acids is 1. The molecule has 2 aliphatic rings. The van der Waals surface area contributed by atoms with Crippen molar-refractivity contribution in [2.24, 2.45) is 0 Å². The molecular formula is C15H16BrNO2. The maximum absolute atomic E-state index is 11.9. The largest absolute Gasteiger partial charge is 0.466 e. The fourth-order valence-corrected chi connectivity index (χ4v) is 3.42. The number of hydrogen-bond donors (Lipinski definition) is 0. The molecule has 4 heteroatoms. The van der Waals surface area contributed by atoms with Crippen LogP contribution in [-0.4, -0.2) is 25.7 Å². The van der Waals surface area contributed by atoms with Gasteiger partial charge in [-0.25, -0.2) is 4.79 Å². The Balaban J connectivity index is 2.10. The molecule has 0 aliphatic carbocycles. The molecule has 0 amide bonds. The van der Waals surface area contributed by atoms with Crippen LogP contribution in [-0.2, 0) is 9.53 Å². The first-order chi connectivity index (χ1) is 9.19. The molecule has 0 spiro atoms. The lowest BCUT2D eigenvalue weighted by Gasteiger charge is -2.26. The Morgan fingerprint density at radius 1 is 1.47 bits per heavy atom. The van der Waals surface area contributed by atoms with Crippen LogP contribution in [0.5, 0.6) is 0 Å². The number of ether oxygens (including phenoxy) is 1. The van der Waals surface area contributed by atoms with Crippen LogP contribution in [0.4, 0.5) is 5.69 Å². The Morgan fingerprint density at radius 3 is 3.11 bits per heavy atom. The molecule has 100 valence electrons. The minimum Gasteiger partial charge on any atom is -0.466 e. The average Bonchev–Trinajstić information content (AvgIpc) is 2.80. The molecule has 0 bridgehead atoms. The van der Waals surface area contributed by atoms with Crippen molar-refractivity contribution in [3.63, 3.8) is 0 Å². The Morgan fingerprint density at radius 2 is 2.32 bits per heavy atom. The van der Waals surface area contributed by atoms with E-state index in [1.165, 1.54) is 19.2 Å². The highest BCUT2D eigenvalue weighted by Crippen LogP contribution is 2.37. The number of fused-ring (bicyclic) bond motifs is 3. The Kier molecular flexibility index (Phi) is 3.35. The van der Waals surface area contributed by atoms with E-state index in [1.54, 1.807) is 0 Å². The lowest BCUT2D eigenvalue weighted by molar-refractivity contribution is -0.136. The summed E-state index contributed by atoms with van der Waals surface area (Å²) in [6.45, 7) is 1.07. The molecule has 2 heterocycles. The summed E-state index contributed by atoms with van der Waals surface area (Å²) in [5.74, 6) is -0.209. The number of halogens is 1. The summed E-state index contributed by atoms with van der Waals surface area (Å²) in [4.78, 5) is 14.3. The van der Waals surface area contributed by atoms with E-state index in [-0.39, 0.29) is 5.97 Å². The Hall–Kier alpha value is -1.29. The molecule has 2 aliphatic heterocycles. The predicted molar refractivity (Wildman–Crippen MR) is 79.1 cm³/mol. The number of esters is 1. The Labute approximate surface area is 121 Å². The van der Waals surface area contributed by atoms with Gasteiger partial charge in [-0.2, -0.15) is 0 Å². The van der Waals surface area contributed by atoms with Gasteiger partial charge in [-0.1, -0.05) is 15.9 Å². The topological polar surface area (TPSA) is 29.5 Å². The number of methoxy groups -OCH3 is 1. The minimum absolute atomic E-state index is 0.209. The SMILES string of the molecule is COC(=O)C1=Cc2cc(Br)ccc2N2CCCC2C1. The highest BCUT2D eigenvalue weighted by molar-refractivity contribution is 9.10. The average molecular weight is 322 g/mol. The van der Waals surface area contributed by atoms with Crippen molar-refractivity contribution < 1.29 is 9.53 Å². The third-order valence-electron chi connectivity index (χ3n) is 3.91. The summed E-state index contributed by atoms with van der Waals surface area (Å²) in [7, 11) is 1.45. The van der Waals surface area contributed by atoms with Gasteiger partial charge in [-0.15, -0.1) is 0 Å².